The maximum atomic E-state index is 13.1. The van der Waals surface area contributed by atoms with Gasteiger partial charge < -0.3 is 20.9 Å². The molecule has 3 aliphatic rings. The zero-order chi connectivity index (χ0) is 28.8. The molecule has 6 rings (SSSR count). The van der Waals surface area contributed by atoms with Gasteiger partial charge in [-0.05, 0) is 89.0 Å². The third-order valence-electron chi connectivity index (χ3n) is 7.82. The fourth-order valence-electron chi connectivity index (χ4n) is 5.64. The minimum atomic E-state index is -4.47. The molecular formula is C30H30BrF3N6O. The number of hydrogen-bond acceptors (Lipinski definition) is 4. The topological polar surface area (TPSA) is 74.2 Å². The van der Waals surface area contributed by atoms with E-state index in [1.165, 1.54) is 28.8 Å². The zero-order valence-electron chi connectivity index (χ0n) is 22.4. The number of likely N-dealkylation sites (tertiary alicyclic amines) is 1. The average Bonchev–Trinajstić information content (AvgIpc) is 3.74. The van der Waals surface area contributed by atoms with Crippen LogP contribution in [0.3, 0.4) is 0 Å². The Morgan fingerprint density at radius 2 is 2.02 bits per heavy atom. The standard InChI is InChI=1S/C30H30BrF3N6O/c1-29(24-10-3-2-9-23(24)20-11-12-20)15-26(40-27(38-29)25(31)17-36-40)35-16-19-6-5-13-39(18-19)28(41)37-22-8-4-7-21(14-22)30(32,33)34/h2-4,7-11,14-15,17,19,35,38H,5-6,12-13,16,18H2,1H3,(H,37,41). The summed E-state index contributed by atoms with van der Waals surface area (Å²) in [5.41, 5.74) is 2.59. The number of aromatic nitrogens is 2. The Hall–Kier alpha value is -3.73. The van der Waals surface area contributed by atoms with Crippen molar-refractivity contribution in [2.45, 2.75) is 37.9 Å². The highest BCUT2D eigenvalue weighted by molar-refractivity contribution is 9.10. The number of carbonyl (C=O) groups is 1. The molecule has 3 N–H and O–H groups in total. The van der Waals surface area contributed by atoms with Crippen LogP contribution in [0.1, 0.15) is 42.9 Å². The van der Waals surface area contributed by atoms with Gasteiger partial charge in [0.2, 0.25) is 0 Å². The van der Waals surface area contributed by atoms with Crippen LogP contribution < -0.4 is 16.0 Å². The fourth-order valence-corrected chi connectivity index (χ4v) is 6.00. The van der Waals surface area contributed by atoms with Crippen LogP contribution in [0, 0.1) is 5.92 Å². The third-order valence-corrected chi connectivity index (χ3v) is 8.40. The number of allylic oxidation sites excluding steroid dienone is 2. The van der Waals surface area contributed by atoms with E-state index in [1.807, 2.05) is 4.68 Å². The van der Waals surface area contributed by atoms with Crippen molar-refractivity contribution in [3.05, 3.63) is 88.0 Å². The van der Waals surface area contributed by atoms with Gasteiger partial charge >= 0.3 is 12.2 Å². The molecule has 2 aromatic carbocycles. The van der Waals surface area contributed by atoms with Crippen molar-refractivity contribution in [2.24, 2.45) is 5.92 Å². The van der Waals surface area contributed by atoms with Crippen LogP contribution in [-0.2, 0) is 11.7 Å². The first-order chi connectivity index (χ1) is 19.6. The Labute approximate surface area is 244 Å². The van der Waals surface area contributed by atoms with Crippen molar-refractivity contribution in [3.8, 4) is 0 Å². The molecule has 1 fully saturated rings. The maximum Gasteiger partial charge on any atom is 0.416 e. The lowest BCUT2D eigenvalue weighted by Crippen LogP contribution is -2.45. The monoisotopic (exact) mass is 626 g/mol. The highest BCUT2D eigenvalue weighted by Gasteiger charge is 2.36. The van der Waals surface area contributed by atoms with E-state index < -0.39 is 23.3 Å². The molecule has 0 saturated carbocycles. The van der Waals surface area contributed by atoms with Gasteiger partial charge in [-0.2, -0.15) is 18.3 Å². The van der Waals surface area contributed by atoms with Crippen LogP contribution in [0.25, 0.3) is 11.4 Å². The van der Waals surface area contributed by atoms with Crippen LogP contribution in [0.5, 0.6) is 0 Å². The van der Waals surface area contributed by atoms with Crippen molar-refractivity contribution in [1.82, 2.24) is 20.0 Å². The van der Waals surface area contributed by atoms with Gasteiger partial charge in [-0.1, -0.05) is 36.4 Å². The van der Waals surface area contributed by atoms with Crippen molar-refractivity contribution in [2.75, 3.05) is 30.3 Å². The summed E-state index contributed by atoms with van der Waals surface area (Å²) < 4.78 is 42.0. The Bertz CT molecular complexity index is 1550. The number of amides is 2. The second-order valence-electron chi connectivity index (χ2n) is 10.9. The molecule has 2 atom stereocenters. The van der Waals surface area contributed by atoms with Crippen molar-refractivity contribution in [1.29, 1.82) is 0 Å². The number of fused-ring (bicyclic) bond motifs is 1. The number of urea groups is 1. The van der Waals surface area contributed by atoms with Crippen molar-refractivity contribution in [3.63, 3.8) is 0 Å². The molecule has 41 heavy (non-hydrogen) atoms. The number of halogens is 4. The van der Waals surface area contributed by atoms with E-state index in [1.54, 1.807) is 11.1 Å². The maximum absolute atomic E-state index is 13.1. The van der Waals surface area contributed by atoms with E-state index in [0.717, 1.165) is 47.5 Å². The number of piperidine rings is 1. The average molecular weight is 628 g/mol. The minimum absolute atomic E-state index is 0.128. The second kappa shape index (κ2) is 10.6. The summed E-state index contributed by atoms with van der Waals surface area (Å²) in [5, 5.41) is 14.4. The lowest BCUT2D eigenvalue weighted by Gasteiger charge is -2.37. The molecule has 1 aromatic heterocycles. The molecule has 11 heteroatoms. The number of carbonyl (C=O) groups excluding carboxylic acids is 1. The quantitative estimate of drug-likeness (QED) is 0.272. The van der Waals surface area contributed by atoms with E-state index in [-0.39, 0.29) is 11.6 Å². The van der Waals surface area contributed by atoms with Crippen LogP contribution >= 0.6 is 15.9 Å². The molecule has 0 radical (unpaired) electrons. The molecular weight excluding hydrogens is 597 g/mol. The summed E-state index contributed by atoms with van der Waals surface area (Å²) in [6.45, 7) is 3.81. The SMILES string of the molecule is CC1(c2ccccc2C2=CC2)C=C(NCC2CCCN(C(=O)Nc3cccc(C(F)(F)F)c3)C2)n2ncc(Br)c2N1. The van der Waals surface area contributed by atoms with Gasteiger partial charge in [0.1, 0.15) is 11.6 Å². The first-order valence-electron chi connectivity index (χ1n) is 13.6. The predicted octanol–water partition coefficient (Wildman–Crippen LogP) is 7.12. The van der Waals surface area contributed by atoms with Crippen LogP contribution in [-0.4, -0.2) is 40.3 Å². The number of anilines is 2. The molecule has 2 amide bonds. The predicted molar refractivity (Wildman–Crippen MR) is 157 cm³/mol. The molecule has 2 unspecified atom stereocenters. The molecule has 1 saturated heterocycles. The minimum Gasteiger partial charge on any atom is -0.370 e. The van der Waals surface area contributed by atoms with Gasteiger partial charge in [-0.25, -0.2) is 9.48 Å². The lowest BCUT2D eigenvalue weighted by atomic mass is 9.86. The number of hydrogen-bond donors (Lipinski definition) is 3. The Morgan fingerprint density at radius 1 is 1.22 bits per heavy atom. The number of alkyl halides is 3. The summed E-state index contributed by atoms with van der Waals surface area (Å²) in [6, 6.07) is 12.7. The van der Waals surface area contributed by atoms with Crippen LogP contribution in [0.2, 0.25) is 0 Å². The van der Waals surface area contributed by atoms with E-state index in [9.17, 15) is 18.0 Å². The first-order valence-corrected chi connectivity index (χ1v) is 14.4. The largest absolute Gasteiger partial charge is 0.416 e. The molecule has 0 spiro atoms. The van der Waals surface area contributed by atoms with E-state index in [0.29, 0.717) is 19.6 Å². The van der Waals surface area contributed by atoms with Gasteiger partial charge in [-0.15, -0.1) is 0 Å². The Balaban J connectivity index is 1.16. The van der Waals surface area contributed by atoms with Gasteiger partial charge in [0, 0.05) is 25.3 Å². The second-order valence-corrected chi connectivity index (χ2v) is 11.8. The highest BCUT2D eigenvalue weighted by atomic mass is 79.9. The molecule has 0 bridgehead atoms. The van der Waals surface area contributed by atoms with Crippen LogP contribution in [0.15, 0.2) is 71.4 Å². The number of benzene rings is 2. The number of rotatable bonds is 6. The summed E-state index contributed by atoms with van der Waals surface area (Å²) in [4.78, 5) is 14.6. The first kappa shape index (κ1) is 27.4. The molecule has 1 aliphatic carbocycles. The van der Waals surface area contributed by atoms with Gasteiger partial charge in [0.05, 0.1) is 21.8 Å². The van der Waals surface area contributed by atoms with Crippen LogP contribution in [0.4, 0.5) is 29.5 Å². The van der Waals surface area contributed by atoms with Crippen molar-refractivity contribution < 1.29 is 18.0 Å². The summed E-state index contributed by atoms with van der Waals surface area (Å²) >= 11 is 3.63. The fraction of sp³-hybridized carbons (Fsp3) is 0.333. The zero-order valence-corrected chi connectivity index (χ0v) is 24.0. The van der Waals surface area contributed by atoms with E-state index in [4.69, 9.17) is 0 Å². The normalized spacial score (nSPS) is 21.8. The molecule has 3 heterocycles. The molecule has 214 valence electrons. The Morgan fingerprint density at radius 3 is 2.80 bits per heavy atom. The molecule has 7 nitrogen and oxygen atoms in total. The Kier molecular flexibility index (Phi) is 7.09. The summed E-state index contributed by atoms with van der Waals surface area (Å²) in [5.74, 6) is 1.85. The van der Waals surface area contributed by atoms with E-state index >= 15 is 0 Å². The third kappa shape index (κ3) is 5.72. The molecule has 3 aromatic rings. The number of nitrogens with zero attached hydrogens (tertiary/aromatic N) is 3. The van der Waals surface area contributed by atoms with Gasteiger partial charge in [0.25, 0.3) is 0 Å². The van der Waals surface area contributed by atoms with Crippen molar-refractivity contribution >= 4 is 44.9 Å². The van der Waals surface area contributed by atoms with Gasteiger partial charge in [-0.3, -0.25) is 0 Å². The smallest absolute Gasteiger partial charge is 0.370 e. The lowest BCUT2D eigenvalue weighted by molar-refractivity contribution is -0.137. The highest BCUT2D eigenvalue weighted by Crippen LogP contribution is 2.43. The van der Waals surface area contributed by atoms with Gasteiger partial charge in [0.15, 0.2) is 0 Å². The number of nitrogens with one attached hydrogen (secondary N) is 3. The summed E-state index contributed by atoms with van der Waals surface area (Å²) in [7, 11) is 0. The van der Waals surface area contributed by atoms with E-state index in [2.05, 4.69) is 80.3 Å². The summed E-state index contributed by atoms with van der Waals surface area (Å²) in [6.07, 6.45) is 4.41. The molecule has 2 aliphatic heterocycles.